The molecular weight excluding hydrogens is 292 g/mol. The van der Waals surface area contributed by atoms with E-state index in [1.165, 1.54) is 6.42 Å². The van der Waals surface area contributed by atoms with E-state index >= 15 is 0 Å². The molecule has 3 nitrogen and oxygen atoms in total. The van der Waals surface area contributed by atoms with Gasteiger partial charge in [-0.3, -0.25) is 4.79 Å². The summed E-state index contributed by atoms with van der Waals surface area (Å²) in [5.74, 6) is 0.609. The minimum Gasteiger partial charge on any atom is -0.348 e. The van der Waals surface area contributed by atoms with Crippen LogP contribution in [0.4, 0.5) is 0 Å². The predicted molar refractivity (Wildman–Crippen MR) is 77.6 cm³/mol. The number of nitrogens with zero attached hydrogens (tertiary/aromatic N) is 1. The highest BCUT2D eigenvalue weighted by atomic mass is 79.9. The number of hydrogen-bond donors (Lipinski definition) is 1. The fourth-order valence-corrected chi connectivity index (χ4v) is 2.18. The fraction of sp³-hybridized carbons (Fsp3) is 0.571. The third kappa shape index (κ3) is 5.17. The standard InChI is InChI=1S/C14H21BrN2O/c1-10(2)6-4-7-11(3)17-14(18)13-12(15)8-5-9-16-13/h5,8-11H,4,6-7H2,1-3H3,(H,17,18). The van der Waals surface area contributed by atoms with E-state index in [9.17, 15) is 4.79 Å². The Morgan fingerprint density at radius 2 is 2.11 bits per heavy atom. The predicted octanol–water partition coefficient (Wildman–Crippen LogP) is 3.79. The molecule has 0 aliphatic carbocycles. The van der Waals surface area contributed by atoms with Gasteiger partial charge in [-0.1, -0.05) is 26.7 Å². The molecule has 0 saturated carbocycles. The molecule has 4 heteroatoms. The van der Waals surface area contributed by atoms with Crippen molar-refractivity contribution in [3.05, 3.63) is 28.5 Å². The normalized spacial score (nSPS) is 12.5. The first kappa shape index (κ1) is 15.2. The molecule has 0 spiro atoms. The van der Waals surface area contributed by atoms with Crippen molar-refractivity contribution >= 4 is 21.8 Å². The number of carbonyl (C=O) groups excluding carboxylic acids is 1. The van der Waals surface area contributed by atoms with Crippen LogP contribution < -0.4 is 5.32 Å². The van der Waals surface area contributed by atoms with Crippen LogP contribution in [-0.4, -0.2) is 16.9 Å². The van der Waals surface area contributed by atoms with Crippen LogP contribution in [0, 0.1) is 5.92 Å². The smallest absolute Gasteiger partial charge is 0.271 e. The van der Waals surface area contributed by atoms with E-state index in [4.69, 9.17) is 0 Å². The van der Waals surface area contributed by atoms with Gasteiger partial charge in [0.25, 0.3) is 5.91 Å². The van der Waals surface area contributed by atoms with Gasteiger partial charge in [0.15, 0.2) is 0 Å². The van der Waals surface area contributed by atoms with Gasteiger partial charge in [0.1, 0.15) is 5.69 Å². The van der Waals surface area contributed by atoms with Crippen LogP contribution in [0.1, 0.15) is 50.5 Å². The lowest BCUT2D eigenvalue weighted by atomic mass is 10.0. The largest absolute Gasteiger partial charge is 0.348 e. The third-order valence-corrected chi connectivity index (χ3v) is 3.41. The third-order valence-electron chi connectivity index (χ3n) is 2.77. The molecule has 1 aromatic rings. The molecule has 0 saturated heterocycles. The first-order valence-electron chi connectivity index (χ1n) is 6.42. The lowest BCUT2D eigenvalue weighted by Gasteiger charge is -2.14. The van der Waals surface area contributed by atoms with E-state index in [0.29, 0.717) is 5.69 Å². The zero-order valence-corrected chi connectivity index (χ0v) is 12.8. The maximum absolute atomic E-state index is 12.0. The number of hydrogen-bond acceptors (Lipinski definition) is 2. The summed E-state index contributed by atoms with van der Waals surface area (Å²) < 4.78 is 0.733. The highest BCUT2D eigenvalue weighted by Crippen LogP contribution is 2.14. The van der Waals surface area contributed by atoms with Crippen LogP contribution in [0.2, 0.25) is 0 Å². The van der Waals surface area contributed by atoms with Crippen LogP contribution in [0.15, 0.2) is 22.8 Å². The molecule has 0 bridgehead atoms. The summed E-state index contributed by atoms with van der Waals surface area (Å²) in [5.41, 5.74) is 0.452. The second-order valence-corrected chi connectivity index (χ2v) is 5.89. The Morgan fingerprint density at radius 3 is 2.72 bits per heavy atom. The zero-order chi connectivity index (χ0) is 13.5. The van der Waals surface area contributed by atoms with E-state index in [2.05, 4.69) is 40.1 Å². The topological polar surface area (TPSA) is 42.0 Å². The van der Waals surface area contributed by atoms with Gasteiger partial charge in [0.05, 0.1) is 0 Å². The molecule has 1 aromatic heterocycles. The lowest BCUT2D eigenvalue weighted by molar-refractivity contribution is 0.0932. The van der Waals surface area contributed by atoms with Crippen LogP contribution in [0.3, 0.4) is 0 Å². The summed E-state index contributed by atoms with van der Waals surface area (Å²) in [6.45, 7) is 6.47. The van der Waals surface area contributed by atoms with Crippen LogP contribution in [0.25, 0.3) is 0 Å². The second-order valence-electron chi connectivity index (χ2n) is 5.03. The Labute approximate surface area is 118 Å². The molecule has 0 aromatic carbocycles. The summed E-state index contributed by atoms with van der Waals surface area (Å²) in [4.78, 5) is 16.1. The summed E-state index contributed by atoms with van der Waals surface area (Å²) in [5, 5.41) is 2.98. The second kappa shape index (κ2) is 7.52. The highest BCUT2D eigenvalue weighted by Gasteiger charge is 2.13. The lowest BCUT2D eigenvalue weighted by Crippen LogP contribution is -2.33. The molecule has 1 heterocycles. The summed E-state index contributed by atoms with van der Waals surface area (Å²) in [6.07, 6.45) is 4.98. The van der Waals surface area contributed by atoms with Crippen LogP contribution in [0.5, 0.6) is 0 Å². The molecule has 100 valence electrons. The molecule has 1 amide bonds. The Morgan fingerprint density at radius 1 is 1.39 bits per heavy atom. The summed E-state index contributed by atoms with van der Waals surface area (Å²) in [6, 6.07) is 3.81. The Kier molecular flexibility index (Phi) is 6.33. The molecule has 0 radical (unpaired) electrons. The Hall–Kier alpha value is -0.900. The van der Waals surface area contributed by atoms with Crippen molar-refractivity contribution in [2.75, 3.05) is 0 Å². The zero-order valence-electron chi connectivity index (χ0n) is 11.2. The van der Waals surface area contributed by atoms with Crippen molar-refractivity contribution in [1.82, 2.24) is 10.3 Å². The van der Waals surface area contributed by atoms with Crippen molar-refractivity contribution in [1.29, 1.82) is 0 Å². The van der Waals surface area contributed by atoms with E-state index in [-0.39, 0.29) is 11.9 Å². The molecule has 0 aliphatic rings. The minimum atomic E-state index is -0.112. The number of nitrogens with one attached hydrogen (secondary N) is 1. The van der Waals surface area contributed by atoms with Crippen molar-refractivity contribution < 1.29 is 4.79 Å². The molecule has 1 rings (SSSR count). The minimum absolute atomic E-state index is 0.112. The molecule has 0 fully saturated rings. The van der Waals surface area contributed by atoms with Gasteiger partial charge in [0.2, 0.25) is 0 Å². The monoisotopic (exact) mass is 312 g/mol. The van der Waals surface area contributed by atoms with Gasteiger partial charge < -0.3 is 5.32 Å². The van der Waals surface area contributed by atoms with E-state index in [1.54, 1.807) is 12.3 Å². The molecular formula is C14H21BrN2O. The van der Waals surface area contributed by atoms with E-state index in [1.807, 2.05) is 13.0 Å². The number of carbonyl (C=O) groups is 1. The molecule has 18 heavy (non-hydrogen) atoms. The summed E-state index contributed by atoms with van der Waals surface area (Å²) in [7, 11) is 0. The van der Waals surface area contributed by atoms with Gasteiger partial charge in [-0.25, -0.2) is 4.98 Å². The molecule has 0 aliphatic heterocycles. The van der Waals surface area contributed by atoms with Crippen molar-refractivity contribution in [2.24, 2.45) is 5.92 Å². The first-order chi connectivity index (χ1) is 8.50. The van der Waals surface area contributed by atoms with E-state index in [0.717, 1.165) is 23.2 Å². The summed E-state index contributed by atoms with van der Waals surface area (Å²) >= 11 is 3.34. The Balaban J connectivity index is 2.43. The number of halogens is 1. The van der Waals surface area contributed by atoms with Gasteiger partial charge in [0, 0.05) is 16.7 Å². The molecule has 1 unspecified atom stereocenters. The maximum atomic E-state index is 12.0. The van der Waals surface area contributed by atoms with Gasteiger partial charge in [-0.15, -0.1) is 0 Å². The van der Waals surface area contributed by atoms with Crippen LogP contribution >= 0.6 is 15.9 Å². The average Bonchev–Trinajstić information content (AvgIpc) is 2.28. The molecule has 1 N–H and O–H groups in total. The van der Waals surface area contributed by atoms with Gasteiger partial charge in [-0.2, -0.15) is 0 Å². The first-order valence-corrected chi connectivity index (χ1v) is 7.21. The maximum Gasteiger partial charge on any atom is 0.271 e. The number of aromatic nitrogens is 1. The van der Waals surface area contributed by atoms with Crippen molar-refractivity contribution in [3.8, 4) is 0 Å². The average molecular weight is 313 g/mol. The Bertz CT molecular complexity index is 393. The van der Waals surface area contributed by atoms with Crippen molar-refractivity contribution in [2.45, 2.75) is 46.1 Å². The fourth-order valence-electron chi connectivity index (χ4n) is 1.75. The number of rotatable bonds is 6. The highest BCUT2D eigenvalue weighted by molar-refractivity contribution is 9.10. The molecule has 1 atom stereocenters. The van der Waals surface area contributed by atoms with Gasteiger partial charge >= 0.3 is 0 Å². The van der Waals surface area contributed by atoms with Gasteiger partial charge in [-0.05, 0) is 47.3 Å². The number of pyridine rings is 1. The SMILES string of the molecule is CC(C)CCCC(C)NC(=O)c1ncccc1Br. The van der Waals surface area contributed by atoms with Crippen molar-refractivity contribution in [3.63, 3.8) is 0 Å². The quantitative estimate of drug-likeness (QED) is 0.868. The number of amides is 1. The van der Waals surface area contributed by atoms with E-state index < -0.39 is 0 Å². The van der Waals surface area contributed by atoms with Crippen LogP contribution in [-0.2, 0) is 0 Å².